The lowest BCUT2D eigenvalue weighted by atomic mass is 9.95. The van der Waals surface area contributed by atoms with Crippen LogP contribution in [-0.2, 0) is 4.74 Å². The number of ether oxygens (including phenoxy) is 2. The van der Waals surface area contributed by atoms with E-state index >= 15 is 0 Å². The van der Waals surface area contributed by atoms with Crippen molar-refractivity contribution in [2.75, 3.05) is 51.4 Å². The first-order chi connectivity index (χ1) is 13.5. The summed E-state index contributed by atoms with van der Waals surface area (Å²) in [6.07, 6.45) is 3.17. The lowest BCUT2D eigenvalue weighted by Crippen LogP contribution is -2.43. The van der Waals surface area contributed by atoms with E-state index in [0.29, 0.717) is 56.7 Å². The van der Waals surface area contributed by atoms with Crippen LogP contribution in [-0.4, -0.2) is 77.7 Å². The Labute approximate surface area is 183 Å². The molecule has 1 aromatic rings. The zero-order valence-electron chi connectivity index (χ0n) is 15.8. The standard InChI is InChI=1S/C18H27ClFIN4O3/c19-15-14(21)16(22-5-2-8-27-9-3-7-26)24-17(23-15)28-12-18-4-1-6-25(18)11-13(20)10-18/h13,26H,1-12H2,(H,22,23,24)/t13-,18+/m1/s1. The number of aliphatic hydroxyl groups is 1. The van der Waals surface area contributed by atoms with Crippen molar-refractivity contribution in [1.82, 2.24) is 14.9 Å². The molecule has 10 heteroatoms. The molecule has 2 atom stereocenters. The predicted octanol–water partition coefficient (Wildman–Crippen LogP) is 2.89. The van der Waals surface area contributed by atoms with Crippen molar-refractivity contribution < 1.29 is 19.0 Å². The largest absolute Gasteiger partial charge is 0.461 e. The summed E-state index contributed by atoms with van der Waals surface area (Å²) in [5.41, 5.74) is -0.238. The third-order valence-electron chi connectivity index (χ3n) is 5.23. The van der Waals surface area contributed by atoms with Gasteiger partial charge in [0.25, 0.3) is 0 Å². The molecule has 0 aromatic carbocycles. The number of rotatable bonds is 11. The lowest BCUT2D eigenvalue weighted by molar-refractivity contribution is 0.107. The van der Waals surface area contributed by atoms with Gasteiger partial charge in [-0.15, -0.1) is 0 Å². The molecule has 2 fully saturated rings. The molecular weight excluding hydrogens is 502 g/mol. The van der Waals surface area contributed by atoms with Gasteiger partial charge in [-0.05, 0) is 54.8 Å². The number of nitrogens with zero attached hydrogens (tertiary/aromatic N) is 3. The van der Waals surface area contributed by atoms with Crippen molar-refractivity contribution in [3.05, 3.63) is 8.72 Å². The molecular formula is C18H27ClFIN4O3. The van der Waals surface area contributed by atoms with Gasteiger partial charge in [-0.25, -0.2) is 4.39 Å². The molecule has 3 heterocycles. The smallest absolute Gasteiger partial charge is 0.319 e. The molecule has 7 nitrogen and oxygen atoms in total. The zero-order chi connectivity index (χ0) is 20.0. The van der Waals surface area contributed by atoms with Gasteiger partial charge < -0.3 is 19.9 Å². The molecule has 2 saturated heterocycles. The Morgan fingerprint density at radius 2 is 2.18 bits per heavy atom. The molecule has 0 spiro atoms. The fourth-order valence-corrected chi connectivity index (χ4v) is 4.47. The number of halogens is 3. The van der Waals surface area contributed by atoms with E-state index in [9.17, 15) is 4.39 Å². The Bertz CT molecular complexity index is 660. The van der Waals surface area contributed by atoms with Crippen LogP contribution >= 0.6 is 34.2 Å². The van der Waals surface area contributed by atoms with Crippen LogP contribution in [0.3, 0.4) is 0 Å². The van der Waals surface area contributed by atoms with Crippen LogP contribution in [0, 0.1) is 3.57 Å². The number of hydrogen-bond donors (Lipinski definition) is 2. The maximum Gasteiger partial charge on any atom is 0.319 e. The number of fused-ring (bicyclic) bond motifs is 1. The van der Waals surface area contributed by atoms with Gasteiger partial charge in [0.05, 0.1) is 9.11 Å². The van der Waals surface area contributed by atoms with E-state index in [1.54, 1.807) is 0 Å². The maximum absolute atomic E-state index is 13.9. The summed E-state index contributed by atoms with van der Waals surface area (Å²) in [7, 11) is 0. The van der Waals surface area contributed by atoms with Gasteiger partial charge in [0, 0.05) is 39.3 Å². The molecule has 158 valence electrons. The highest BCUT2D eigenvalue weighted by atomic mass is 127. The lowest BCUT2D eigenvalue weighted by Gasteiger charge is -2.30. The van der Waals surface area contributed by atoms with Crippen molar-refractivity contribution in [2.45, 2.75) is 43.8 Å². The molecule has 0 bridgehead atoms. The number of nitrogens with one attached hydrogen (secondary N) is 1. The monoisotopic (exact) mass is 528 g/mol. The van der Waals surface area contributed by atoms with E-state index in [-0.39, 0.29) is 18.2 Å². The van der Waals surface area contributed by atoms with Crippen molar-refractivity contribution >= 4 is 40.0 Å². The van der Waals surface area contributed by atoms with Gasteiger partial charge in [-0.2, -0.15) is 9.97 Å². The second-order valence-corrected chi connectivity index (χ2v) is 8.73. The van der Waals surface area contributed by atoms with Crippen molar-refractivity contribution in [2.24, 2.45) is 0 Å². The third kappa shape index (κ3) is 5.56. The Morgan fingerprint density at radius 3 is 3.00 bits per heavy atom. The van der Waals surface area contributed by atoms with E-state index in [2.05, 4.69) is 42.8 Å². The molecule has 0 amide bonds. The molecule has 2 aliphatic rings. The molecule has 0 aliphatic carbocycles. The minimum Gasteiger partial charge on any atom is -0.461 e. The average molecular weight is 529 g/mol. The maximum atomic E-state index is 13.9. The quantitative estimate of drug-likeness (QED) is 0.260. The van der Waals surface area contributed by atoms with Gasteiger partial charge in [-0.1, -0.05) is 11.6 Å². The predicted molar refractivity (Wildman–Crippen MR) is 114 cm³/mol. The van der Waals surface area contributed by atoms with E-state index in [1.807, 2.05) is 0 Å². The number of alkyl halides is 1. The molecule has 0 saturated carbocycles. The molecule has 3 rings (SSSR count). The fraction of sp³-hybridized carbons (Fsp3) is 0.778. The minimum atomic E-state index is -0.790. The first-order valence-electron chi connectivity index (χ1n) is 9.71. The summed E-state index contributed by atoms with van der Waals surface area (Å²) in [5.74, 6) is 0.626. The topological polar surface area (TPSA) is 79.7 Å². The molecule has 0 unspecified atom stereocenters. The van der Waals surface area contributed by atoms with Crippen LogP contribution in [0.5, 0.6) is 6.01 Å². The molecule has 1 aromatic heterocycles. The van der Waals surface area contributed by atoms with Crippen LogP contribution in [0.15, 0.2) is 0 Å². The molecule has 2 aliphatic heterocycles. The summed E-state index contributed by atoms with van der Waals surface area (Å²) in [5, 5.41) is 12.3. The summed E-state index contributed by atoms with van der Waals surface area (Å²) < 4.78 is 25.9. The Balaban J connectivity index is 1.53. The van der Waals surface area contributed by atoms with E-state index < -0.39 is 6.17 Å². The minimum absolute atomic E-state index is 0.143. The third-order valence-corrected chi connectivity index (χ3v) is 6.84. The summed E-state index contributed by atoms with van der Waals surface area (Å²) >= 11 is 8.35. The molecule has 28 heavy (non-hydrogen) atoms. The highest BCUT2D eigenvalue weighted by Crippen LogP contribution is 2.40. The van der Waals surface area contributed by atoms with E-state index in [1.165, 1.54) is 0 Å². The Hall–Kier alpha value is -0.490. The van der Waals surface area contributed by atoms with Gasteiger partial charge >= 0.3 is 6.01 Å². The van der Waals surface area contributed by atoms with Gasteiger partial charge in [0.1, 0.15) is 18.6 Å². The van der Waals surface area contributed by atoms with Crippen LogP contribution < -0.4 is 10.1 Å². The van der Waals surface area contributed by atoms with Gasteiger partial charge in [0.15, 0.2) is 5.15 Å². The Kier molecular flexibility index (Phi) is 8.34. The van der Waals surface area contributed by atoms with Gasteiger partial charge in [-0.3, -0.25) is 4.90 Å². The number of aromatic nitrogens is 2. The number of aliphatic hydroxyl groups excluding tert-OH is 1. The second-order valence-electron chi connectivity index (χ2n) is 7.29. The van der Waals surface area contributed by atoms with Gasteiger partial charge in [0.2, 0.25) is 0 Å². The van der Waals surface area contributed by atoms with Crippen LogP contribution in [0.25, 0.3) is 0 Å². The van der Waals surface area contributed by atoms with Crippen LogP contribution in [0.4, 0.5) is 10.2 Å². The van der Waals surface area contributed by atoms with E-state index in [0.717, 1.165) is 29.4 Å². The highest BCUT2D eigenvalue weighted by molar-refractivity contribution is 14.1. The molecule has 0 radical (unpaired) electrons. The highest BCUT2D eigenvalue weighted by Gasteiger charge is 2.49. The summed E-state index contributed by atoms with van der Waals surface area (Å²) in [4.78, 5) is 10.9. The second kappa shape index (κ2) is 10.5. The molecule has 2 N–H and O–H groups in total. The number of hydrogen-bond acceptors (Lipinski definition) is 7. The zero-order valence-corrected chi connectivity index (χ0v) is 18.7. The van der Waals surface area contributed by atoms with Crippen LogP contribution in [0.1, 0.15) is 32.1 Å². The summed E-state index contributed by atoms with van der Waals surface area (Å²) in [6, 6.07) is 0.218. The summed E-state index contributed by atoms with van der Waals surface area (Å²) in [6.45, 7) is 3.77. The van der Waals surface area contributed by atoms with Crippen molar-refractivity contribution in [1.29, 1.82) is 0 Å². The Morgan fingerprint density at radius 1 is 1.36 bits per heavy atom. The fourth-order valence-electron chi connectivity index (χ4n) is 3.88. The SMILES string of the molecule is OCCCOCCCNc1nc(OC[C@@]23CCCN2C[C@H](F)C3)nc(Cl)c1I. The number of anilines is 1. The van der Waals surface area contributed by atoms with Crippen molar-refractivity contribution in [3.8, 4) is 6.01 Å². The van der Waals surface area contributed by atoms with E-state index in [4.69, 9.17) is 26.2 Å². The van der Waals surface area contributed by atoms with Crippen molar-refractivity contribution in [3.63, 3.8) is 0 Å². The first-order valence-corrected chi connectivity index (χ1v) is 11.2. The first kappa shape index (κ1) is 22.2. The van der Waals surface area contributed by atoms with Crippen LogP contribution in [0.2, 0.25) is 5.15 Å². The average Bonchev–Trinajstić information content (AvgIpc) is 3.18. The normalized spacial score (nSPS) is 24.5.